The van der Waals surface area contributed by atoms with Crippen molar-refractivity contribution in [1.82, 2.24) is 9.21 Å². The van der Waals surface area contributed by atoms with Crippen molar-refractivity contribution in [2.24, 2.45) is 5.41 Å². The first-order valence-corrected chi connectivity index (χ1v) is 14.3. The van der Waals surface area contributed by atoms with Crippen molar-refractivity contribution in [3.8, 4) is 5.75 Å². The largest absolute Gasteiger partial charge is 0.493 e. The zero-order valence-corrected chi connectivity index (χ0v) is 23.0. The van der Waals surface area contributed by atoms with Crippen LogP contribution < -0.4 is 4.74 Å². The molecule has 3 aromatic carbocycles. The molecular weight excluding hydrogens is 531 g/mol. The lowest BCUT2D eigenvalue weighted by molar-refractivity contribution is -0.134. The number of hydrogen-bond acceptors (Lipinski definition) is 4. The average Bonchev–Trinajstić information content (AvgIpc) is 2.89. The van der Waals surface area contributed by atoms with E-state index in [1.807, 2.05) is 30.3 Å². The number of carbonyl (C=O) groups is 1. The Morgan fingerprint density at radius 1 is 0.973 bits per heavy atom. The number of ether oxygens (including phenoxy) is 1. The second kappa shape index (κ2) is 11.9. The molecule has 6 nitrogen and oxygen atoms in total. The van der Waals surface area contributed by atoms with Crippen LogP contribution in [0.15, 0.2) is 83.8 Å². The van der Waals surface area contributed by atoms with E-state index in [4.69, 9.17) is 27.9 Å². The second-order valence-corrected chi connectivity index (χ2v) is 12.4. The molecule has 0 radical (unpaired) electrons. The summed E-state index contributed by atoms with van der Waals surface area (Å²) in [5.74, 6) is 0.556. The van der Waals surface area contributed by atoms with Gasteiger partial charge in [0, 0.05) is 48.6 Å². The molecule has 0 bridgehead atoms. The lowest BCUT2D eigenvalue weighted by Crippen LogP contribution is -2.50. The monoisotopic (exact) mass is 560 g/mol. The molecule has 1 amide bonds. The molecule has 1 aliphatic heterocycles. The molecule has 37 heavy (non-hydrogen) atoms. The third kappa shape index (κ3) is 7.05. The molecule has 4 rings (SSSR count). The summed E-state index contributed by atoms with van der Waals surface area (Å²) in [6, 6.07) is 22.9. The second-order valence-electron chi connectivity index (χ2n) is 9.55. The van der Waals surface area contributed by atoms with Gasteiger partial charge in [0.1, 0.15) is 5.75 Å². The van der Waals surface area contributed by atoms with Crippen LogP contribution in [0.4, 0.5) is 0 Å². The van der Waals surface area contributed by atoms with Gasteiger partial charge >= 0.3 is 0 Å². The van der Waals surface area contributed by atoms with Crippen LogP contribution in [-0.2, 0) is 21.4 Å². The molecule has 1 saturated heterocycles. The minimum absolute atomic E-state index is 0.0608. The summed E-state index contributed by atoms with van der Waals surface area (Å²) >= 11 is 12.0. The number of hydrogen-bond donors (Lipinski definition) is 0. The van der Waals surface area contributed by atoms with Crippen LogP contribution in [0.1, 0.15) is 24.8 Å². The highest BCUT2D eigenvalue weighted by Gasteiger charge is 2.43. The molecule has 9 heteroatoms. The summed E-state index contributed by atoms with van der Waals surface area (Å²) in [6.07, 6.45) is 1.45. The molecule has 1 fully saturated rings. The van der Waals surface area contributed by atoms with Gasteiger partial charge in [-0.05, 0) is 66.9 Å². The molecule has 0 saturated carbocycles. The minimum atomic E-state index is -3.77. The van der Waals surface area contributed by atoms with Crippen LogP contribution in [-0.4, -0.2) is 50.3 Å². The van der Waals surface area contributed by atoms with Crippen molar-refractivity contribution in [2.75, 3.05) is 26.7 Å². The molecule has 0 aromatic heterocycles. The Morgan fingerprint density at radius 3 is 2.24 bits per heavy atom. The first-order valence-electron chi connectivity index (χ1n) is 12.1. The third-order valence-electron chi connectivity index (χ3n) is 6.65. The SMILES string of the molecule is CN(Cc1ccccc1)C(=O)C[C@]1(COc2ccc(Cl)cc2)CCCN(S(=O)(=O)c2ccc(Cl)cc2)C1. The molecule has 1 aliphatic rings. The van der Waals surface area contributed by atoms with Crippen molar-refractivity contribution in [2.45, 2.75) is 30.7 Å². The Balaban J connectivity index is 1.56. The van der Waals surface area contributed by atoms with E-state index >= 15 is 0 Å². The third-order valence-corrected chi connectivity index (χ3v) is 9.01. The highest BCUT2D eigenvalue weighted by Crippen LogP contribution is 2.37. The van der Waals surface area contributed by atoms with Gasteiger partial charge < -0.3 is 9.64 Å². The number of nitrogens with zero attached hydrogens (tertiary/aromatic N) is 2. The van der Waals surface area contributed by atoms with E-state index in [1.54, 1.807) is 48.3 Å². The summed E-state index contributed by atoms with van der Waals surface area (Å²) < 4.78 is 34.6. The molecule has 0 aliphatic carbocycles. The fraction of sp³-hybridized carbons (Fsp3) is 0.321. The van der Waals surface area contributed by atoms with Crippen LogP contribution in [0.25, 0.3) is 0 Å². The molecule has 0 spiro atoms. The molecule has 0 N–H and O–H groups in total. The van der Waals surface area contributed by atoms with Gasteiger partial charge in [0.15, 0.2) is 0 Å². The van der Waals surface area contributed by atoms with Crippen molar-refractivity contribution < 1.29 is 17.9 Å². The van der Waals surface area contributed by atoms with Gasteiger partial charge in [0.05, 0.1) is 11.5 Å². The average molecular weight is 562 g/mol. The maximum absolute atomic E-state index is 13.5. The van der Waals surface area contributed by atoms with Crippen molar-refractivity contribution in [1.29, 1.82) is 0 Å². The minimum Gasteiger partial charge on any atom is -0.493 e. The first kappa shape index (κ1) is 27.5. The highest BCUT2D eigenvalue weighted by molar-refractivity contribution is 7.89. The normalized spacial score (nSPS) is 18.4. The molecular formula is C28H30Cl2N2O4S. The quantitative estimate of drug-likeness (QED) is 0.327. The van der Waals surface area contributed by atoms with Crippen LogP contribution in [0, 0.1) is 5.41 Å². The lowest BCUT2D eigenvalue weighted by atomic mass is 9.78. The smallest absolute Gasteiger partial charge is 0.243 e. The number of sulfonamides is 1. The van der Waals surface area contributed by atoms with Crippen LogP contribution in [0.2, 0.25) is 10.0 Å². The van der Waals surface area contributed by atoms with E-state index in [0.29, 0.717) is 41.7 Å². The molecule has 1 heterocycles. The number of amides is 1. The van der Waals surface area contributed by atoms with Gasteiger partial charge in [0.25, 0.3) is 0 Å². The summed E-state index contributed by atoms with van der Waals surface area (Å²) in [6.45, 7) is 1.23. The maximum atomic E-state index is 13.5. The Kier molecular flexibility index (Phi) is 8.80. The van der Waals surface area contributed by atoms with E-state index in [-0.39, 0.29) is 30.4 Å². The molecule has 1 atom stereocenters. The van der Waals surface area contributed by atoms with Gasteiger partial charge in [-0.25, -0.2) is 8.42 Å². The molecule has 3 aromatic rings. The van der Waals surface area contributed by atoms with Gasteiger partial charge in [-0.1, -0.05) is 53.5 Å². The standard InChI is InChI=1S/C28H30Cl2N2O4S/c1-31(19-22-6-3-2-4-7-22)27(33)18-28(21-36-25-12-8-23(29)9-13-25)16-5-17-32(20-28)37(34,35)26-14-10-24(30)11-15-26/h2-4,6-15H,5,16-21H2,1H3/t28-/m1/s1. The Hall–Kier alpha value is -2.58. The number of halogens is 2. The van der Waals surface area contributed by atoms with Gasteiger partial charge in [0.2, 0.25) is 15.9 Å². The van der Waals surface area contributed by atoms with Crippen LogP contribution >= 0.6 is 23.2 Å². The molecule has 0 unspecified atom stereocenters. The summed E-state index contributed by atoms with van der Waals surface area (Å²) in [5.41, 5.74) is 0.333. The van der Waals surface area contributed by atoms with Gasteiger partial charge in [-0.15, -0.1) is 0 Å². The van der Waals surface area contributed by atoms with E-state index < -0.39 is 15.4 Å². The Labute approximate surface area is 228 Å². The zero-order chi connectivity index (χ0) is 26.5. The first-order chi connectivity index (χ1) is 17.7. The Morgan fingerprint density at radius 2 is 1.59 bits per heavy atom. The number of rotatable bonds is 9. The Bertz CT molecular complexity index is 1300. The van der Waals surface area contributed by atoms with Crippen LogP contribution in [0.5, 0.6) is 5.75 Å². The number of benzene rings is 3. The van der Waals surface area contributed by atoms with Crippen molar-refractivity contribution >= 4 is 39.1 Å². The van der Waals surface area contributed by atoms with E-state index in [9.17, 15) is 13.2 Å². The number of carbonyl (C=O) groups excluding carboxylic acids is 1. The predicted octanol–water partition coefficient (Wildman–Crippen LogP) is 5.89. The van der Waals surface area contributed by atoms with Crippen molar-refractivity contribution in [3.05, 3.63) is 94.5 Å². The van der Waals surface area contributed by atoms with Crippen LogP contribution in [0.3, 0.4) is 0 Å². The predicted molar refractivity (Wildman–Crippen MR) is 146 cm³/mol. The van der Waals surface area contributed by atoms with Gasteiger partial charge in [-0.3, -0.25) is 4.79 Å². The fourth-order valence-corrected chi connectivity index (χ4v) is 6.45. The van der Waals surface area contributed by atoms with Gasteiger partial charge in [-0.2, -0.15) is 4.31 Å². The lowest BCUT2D eigenvalue weighted by Gasteiger charge is -2.42. The summed E-state index contributed by atoms with van der Waals surface area (Å²) in [7, 11) is -1.99. The number of piperidine rings is 1. The topological polar surface area (TPSA) is 66.9 Å². The van der Waals surface area contributed by atoms with E-state index in [1.165, 1.54) is 16.4 Å². The molecule has 196 valence electrons. The fourth-order valence-electron chi connectivity index (χ4n) is 4.61. The van der Waals surface area contributed by atoms with Crippen molar-refractivity contribution in [3.63, 3.8) is 0 Å². The zero-order valence-electron chi connectivity index (χ0n) is 20.6. The summed E-state index contributed by atoms with van der Waals surface area (Å²) in [5, 5.41) is 1.06. The summed E-state index contributed by atoms with van der Waals surface area (Å²) in [4.78, 5) is 15.3. The highest BCUT2D eigenvalue weighted by atomic mass is 35.5. The van der Waals surface area contributed by atoms with E-state index in [2.05, 4.69) is 0 Å². The maximum Gasteiger partial charge on any atom is 0.243 e. The van der Waals surface area contributed by atoms with E-state index in [0.717, 1.165) is 5.56 Å².